The van der Waals surface area contributed by atoms with Crippen molar-refractivity contribution in [3.05, 3.63) is 99.0 Å². The van der Waals surface area contributed by atoms with Gasteiger partial charge in [-0.2, -0.15) is 5.10 Å². The normalized spacial score (nSPS) is 10.9. The van der Waals surface area contributed by atoms with Gasteiger partial charge in [0.1, 0.15) is 12.4 Å². The van der Waals surface area contributed by atoms with E-state index >= 15 is 0 Å². The number of hydrogen-bond acceptors (Lipinski definition) is 3. The number of carbonyl (C=O) groups excluding carboxylic acids is 1. The molecule has 0 saturated carbocycles. The van der Waals surface area contributed by atoms with Crippen LogP contribution in [0.4, 0.5) is 4.39 Å². The second kappa shape index (κ2) is 8.45. The average Bonchev–Trinajstić information content (AvgIpc) is 3.05. The molecule has 30 heavy (non-hydrogen) atoms. The highest BCUT2D eigenvalue weighted by Crippen LogP contribution is 2.25. The molecule has 0 aliphatic heterocycles. The largest absolute Gasteiger partial charge is 0.292 e. The highest BCUT2D eigenvalue weighted by atomic mass is 79.9. The highest BCUT2D eigenvalue weighted by Gasteiger charge is 2.18. The Balaban J connectivity index is 1.83. The predicted octanol–water partition coefficient (Wildman–Crippen LogP) is 6.16. The summed E-state index contributed by atoms with van der Waals surface area (Å²) in [5.41, 5.74) is 3.16. The van der Waals surface area contributed by atoms with Gasteiger partial charge in [-0.05, 0) is 67.2 Å². The lowest BCUT2D eigenvalue weighted by Gasteiger charge is -2.09. The van der Waals surface area contributed by atoms with Crippen LogP contribution in [-0.4, -0.2) is 20.1 Å². The summed E-state index contributed by atoms with van der Waals surface area (Å²) in [5.74, 6) is 0.126. The van der Waals surface area contributed by atoms with Crippen LogP contribution >= 0.6 is 28.1 Å². The Kier molecular flexibility index (Phi) is 5.74. The minimum Gasteiger partial charge on any atom is -0.292 e. The van der Waals surface area contributed by atoms with Crippen molar-refractivity contribution in [2.75, 3.05) is 0 Å². The van der Waals surface area contributed by atoms with E-state index in [0.717, 1.165) is 15.7 Å². The van der Waals surface area contributed by atoms with Gasteiger partial charge in [-0.25, -0.2) is 9.07 Å². The number of ketones is 1. The maximum absolute atomic E-state index is 13.5. The number of para-hydroxylation sites is 1. The van der Waals surface area contributed by atoms with E-state index in [1.54, 1.807) is 24.3 Å². The van der Waals surface area contributed by atoms with Gasteiger partial charge < -0.3 is 0 Å². The van der Waals surface area contributed by atoms with E-state index in [2.05, 4.69) is 21.0 Å². The molecule has 0 aliphatic carbocycles. The number of hydrogen-bond donors (Lipinski definition) is 0. The van der Waals surface area contributed by atoms with Crippen LogP contribution in [-0.2, 0) is 6.54 Å². The number of benzene rings is 3. The Hall–Kier alpha value is -2.90. The van der Waals surface area contributed by atoms with Crippen molar-refractivity contribution in [1.82, 2.24) is 14.3 Å². The first kappa shape index (κ1) is 20.4. The Morgan fingerprint density at radius 3 is 2.37 bits per heavy atom. The van der Waals surface area contributed by atoms with Crippen LogP contribution in [0.2, 0.25) is 0 Å². The van der Waals surface area contributed by atoms with Gasteiger partial charge in [0, 0.05) is 15.6 Å². The number of carbonyl (C=O) groups is 1. The van der Waals surface area contributed by atoms with Crippen LogP contribution in [0, 0.1) is 17.5 Å². The smallest absolute Gasteiger partial charge is 0.203 e. The number of nitrogens with zero attached hydrogens (tertiary/aromatic N) is 3. The molecule has 0 atom stereocenters. The third-order valence-corrected chi connectivity index (χ3v) is 5.68. The fourth-order valence-corrected chi connectivity index (χ4v) is 3.75. The maximum Gasteiger partial charge on any atom is 0.203 e. The molecule has 1 heterocycles. The van der Waals surface area contributed by atoms with Crippen molar-refractivity contribution in [2.24, 2.45) is 0 Å². The van der Waals surface area contributed by atoms with Gasteiger partial charge in [-0.3, -0.25) is 9.36 Å². The van der Waals surface area contributed by atoms with Gasteiger partial charge in [0.2, 0.25) is 4.77 Å². The molecule has 0 spiro atoms. The molecule has 0 radical (unpaired) electrons. The molecular formula is C23H17BrFN3OS. The monoisotopic (exact) mass is 481 g/mol. The lowest BCUT2D eigenvalue weighted by atomic mass is 10.1. The predicted molar refractivity (Wildman–Crippen MR) is 121 cm³/mol. The molecule has 7 heteroatoms. The lowest BCUT2D eigenvalue weighted by Crippen LogP contribution is -2.12. The zero-order chi connectivity index (χ0) is 21.3. The van der Waals surface area contributed by atoms with Gasteiger partial charge in [0.05, 0.1) is 5.69 Å². The topological polar surface area (TPSA) is 39.8 Å². The molecule has 0 N–H and O–H groups in total. The van der Waals surface area contributed by atoms with Crippen LogP contribution in [0.15, 0.2) is 77.3 Å². The number of Topliss-reactive ketones (excluding diaryl/α,β-unsaturated/α-hetero) is 1. The maximum atomic E-state index is 13.5. The number of halogens is 2. The fourth-order valence-electron chi connectivity index (χ4n) is 3.19. The van der Waals surface area contributed by atoms with E-state index in [1.165, 1.54) is 16.8 Å². The summed E-state index contributed by atoms with van der Waals surface area (Å²) in [4.78, 5) is 12.8. The lowest BCUT2D eigenvalue weighted by molar-refractivity contribution is 0.0967. The zero-order valence-corrected chi connectivity index (χ0v) is 18.5. The third-order valence-electron chi connectivity index (χ3n) is 4.76. The van der Waals surface area contributed by atoms with E-state index in [4.69, 9.17) is 12.2 Å². The molecule has 150 valence electrons. The summed E-state index contributed by atoms with van der Waals surface area (Å²) in [7, 11) is 0. The first-order chi connectivity index (χ1) is 14.4. The molecule has 3 aromatic carbocycles. The first-order valence-electron chi connectivity index (χ1n) is 9.24. The molecule has 1 aromatic heterocycles. The summed E-state index contributed by atoms with van der Waals surface area (Å²) in [6, 6.07) is 21.0. The molecule has 0 aliphatic rings. The quantitative estimate of drug-likeness (QED) is 0.253. The number of aryl methyl sites for hydroxylation is 1. The average molecular weight is 482 g/mol. The van der Waals surface area contributed by atoms with Crippen LogP contribution in [0.1, 0.15) is 15.9 Å². The standard InChI is InChI=1S/C23H17BrFN3OS/c1-15-4-2-3-5-20(15)28-22(17-8-12-19(25)13-9-17)26-27(23(28)30)14-21(29)16-6-10-18(24)11-7-16/h2-13H,14H2,1H3. The van der Waals surface area contributed by atoms with Crippen molar-refractivity contribution < 1.29 is 9.18 Å². The van der Waals surface area contributed by atoms with E-state index in [0.29, 0.717) is 21.7 Å². The minimum absolute atomic E-state index is 0.00748. The SMILES string of the molecule is Cc1ccccc1-n1c(-c2ccc(F)cc2)nn(CC(=O)c2ccc(Br)cc2)c1=S. The highest BCUT2D eigenvalue weighted by molar-refractivity contribution is 9.10. The summed E-state index contributed by atoms with van der Waals surface area (Å²) >= 11 is 9.07. The molecule has 4 aromatic rings. The molecule has 0 fully saturated rings. The van der Waals surface area contributed by atoms with Crippen molar-refractivity contribution in [2.45, 2.75) is 13.5 Å². The number of rotatable bonds is 5. The van der Waals surface area contributed by atoms with Crippen LogP contribution in [0.5, 0.6) is 0 Å². The van der Waals surface area contributed by atoms with Crippen molar-refractivity contribution in [1.29, 1.82) is 0 Å². The summed E-state index contributed by atoms with van der Waals surface area (Å²) in [6.45, 7) is 1.99. The van der Waals surface area contributed by atoms with Crippen LogP contribution in [0.3, 0.4) is 0 Å². The minimum atomic E-state index is -0.329. The summed E-state index contributed by atoms with van der Waals surface area (Å²) < 4.78 is 18.1. The second-order valence-corrected chi connectivity index (χ2v) is 8.10. The van der Waals surface area contributed by atoms with Gasteiger partial charge in [0.15, 0.2) is 11.6 Å². The van der Waals surface area contributed by atoms with Crippen LogP contribution < -0.4 is 0 Å². The van der Waals surface area contributed by atoms with Gasteiger partial charge in [-0.15, -0.1) is 0 Å². The molecule has 4 nitrogen and oxygen atoms in total. The van der Waals surface area contributed by atoms with Gasteiger partial charge in [-0.1, -0.05) is 46.3 Å². The Morgan fingerprint density at radius 1 is 1.03 bits per heavy atom. The van der Waals surface area contributed by atoms with Gasteiger partial charge in [0.25, 0.3) is 0 Å². The van der Waals surface area contributed by atoms with E-state index in [-0.39, 0.29) is 18.1 Å². The molecule has 0 bridgehead atoms. The Labute approximate surface area is 186 Å². The molecule has 0 amide bonds. The third kappa shape index (κ3) is 4.04. The zero-order valence-electron chi connectivity index (χ0n) is 16.0. The van der Waals surface area contributed by atoms with E-state index in [9.17, 15) is 9.18 Å². The molecule has 0 saturated heterocycles. The van der Waals surface area contributed by atoms with Crippen molar-refractivity contribution >= 4 is 33.9 Å². The number of aromatic nitrogens is 3. The Bertz CT molecular complexity index is 1280. The molecule has 0 unspecified atom stereocenters. The summed E-state index contributed by atoms with van der Waals surface area (Å²) in [5, 5.41) is 4.63. The first-order valence-corrected chi connectivity index (χ1v) is 10.4. The van der Waals surface area contributed by atoms with Crippen molar-refractivity contribution in [3.8, 4) is 17.1 Å². The van der Waals surface area contributed by atoms with Crippen LogP contribution in [0.25, 0.3) is 17.1 Å². The molecule has 4 rings (SSSR count). The Morgan fingerprint density at radius 2 is 1.70 bits per heavy atom. The fraction of sp³-hybridized carbons (Fsp3) is 0.0870. The van der Waals surface area contributed by atoms with E-state index in [1.807, 2.05) is 47.9 Å². The van der Waals surface area contributed by atoms with E-state index < -0.39 is 0 Å². The van der Waals surface area contributed by atoms with Gasteiger partial charge >= 0.3 is 0 Å². The molecular weight excluding hydrogens is 465 g/mol. The summed E-state index contributed by atoms with van der Waals surface area (Å²) in [6.07, 6.45) is 0. The second-order valence-electron chi connectivity index (χ2n) is 6.82. The van der Waals surface area contributed by atoms with Crippen molar-refractivity contribution in [3.63, 3.8) is 0 Å².